The number of methoxy groups -OCH3 is 1. The van der Waals surface area contributed by atoms with Crippen LogP contribution in [-0.2, 0) is 27.7 Å². The van der Waals surface area contributed by atoms with Gasteiger partial charge in [0.25, 0.3) is 5.56 Å². The Bertz CT molecular complexity index is 1730. The van der Waals surface area contributed by atoms with Gasteiger partial charge in [0.1, 0.15) is 5.75 Å². The van der Waals surface area contributed by atoms with Gasteiger partial charge in [-0.25, -0.2) is 13.6 Å². The number of ether oxygens (including phenoxy) is 1. The Morgan fingerprint density at radius 2 is 1.62 bits per heavy atom. The molecular weight excluding hydrogens is 552 g/mol. The van der Waals surface area contributed by atoms with Crippen LogP contribution >= 0.6 is 11.6 Å². The van der Waals surface area contributed by atoms with Crippen LogP contribution in [0.15, 0.2) is 94.7 Å². The van der Waals surface area contributed by atoms with Crippen molar-refractivity contribution in [2.24, 2.45) is 5.14 Å². The van der Waals surface area contributed by atoms with Crippen molar-refractivity contribution in [1.29, 1.82) is 0 Å². The number of carbonyl (C=O) groups is 2. The minimum atomic E-state index is -3.87. The van der Waals surface area contributed by atoms with Crippen LogP contribution in [0.1, 0.15) is 34.5 Å². The Hall–Kier alpha value is -4.05. The third-order valence-corrected chi connectivity index (χ3v) is 7.69. The van der Waals surface area contributed by atoms with E-state index in [1.165, 1.54) is 55.1 Å². The van der Waals surface area contributed by atoms with Gasteiger partial charge in [-0.15, -0.1) is 0 Å². The number of Topliss-reactive ketones (excluding diaryl/α,β-unsaturated/α-hetero) is 2. The van der Waals surface area contributed by atoms with Gasteiger partial charge in [0.15, 0.2) is 11.6 Å². The monoisotopic (exact) mass is 578 g/mol. The molecule has 3 aromatic carbocycles. The van der Waals surface area contributed by atoms with Crippen molar-refractivity contribution in [3.05, 3.63) is 117 Å². The van der Waals surface area contributed by atoms with Crippen LogP contribution in [0.2, 0.25) is 5.02 Å². The first-order valence-electron chi connectivity index (χ1n) is 12.3. The van der Waals surface area contributed by atoms with Gasteiger partial charge < -0.3 is 9.30 Å². The number of nitrogens with zero attached hydrogens (tertiary/aromatic N) is 1. The molecule has 8 nitrogen and oxygen atoms in total. The number of carbonyl (C=O) groups excluding carboxylic acids is 2. The molecule has 0 radical (unpaired) electrons. The van der Waals surface area contributed by atoms with Gasteiger partial charge in [-0.2, -0.15) is 0 Å². The van der Waals surface area contributed by atoms with E-state index in [1.807, 2.05) is 30.3 Å². The van der Waals surface area contributed by atoms with E-state index in [0.717, 1.165) is 5.56 Å². The topological polar surface area (TPSA) is 126 Å². The SMILES string of the molecule is COc1cn(C(Cc2ccccc2)C(=O)Cc2ccc(S(N)(=O)=O)cc2)c(=O)cc1-c1cc(Cl)ccc1C(C)=O. The zero-order valence-electron chi connectivity index (χ0n) is 21.8. The second-order valence-corrected chi connectivity index (χ2v) is 11.3. The molecule has 4 aromatic rings. The largest absolute Gasteiger partial charge is 0.495 e. The number of rotatable bonds is 10. The van der Waals surface area contributed by atoms with E-state index >= 15 is 0 Å². The lowest BCUT2D eigenvalue weighted by Crippen LogP contribution is -2.32. The summed E-state index contributed by atoms with van der Waals surface area (Å²) < 4.78 is 30.2. The van der Waals surface area contributed by atoms with E-state index < -0.39 is 21.6 Å². The lowest BCUT2D eigenvalue weighted by atomic mass is 9.95. The number of hydrogen-bond donors (Lipinski definition) is 1. The molecule has 1 aromatic heterocycles. The molecule has 0 bridgehead atoms. The van der Waals surface area contributed by atoms with Gasteiger partial charge in [-0.05, 0) is 53.9 Å². The van der Waals surface area contributed by atoms with Crippen LogP contribution in [0.4, 0.5) is 0 Å². The minimum absolute atomic E-state index is 0.0539. The van der Waals surface area contributed by atoms with Crippen molar-refractivity contribution in [3.8, 4) is 16.9 Å². The Balaban J connectivity index is 1.79. The smallest absolute Gasteiger partial charge is 0.252 e. The van der Waals surface area contributed by atoms with E-state index in [0.29, 0.717) is 27.3 Å². The van der Waals surface area contributed by atoms with E-state index in [9.17, 15) is 22.8 Å². The molecule has 0 aliphatic rings. The summed E-state index contributed by atoms with van der Waals surface area (Å²) in [7, 11) is -2.44. The maximum absolute atomic E-state index is 13.7. The average Bonchev–Trinajstić information content (AvgIpc) is 2.92. The fourth-order valence-corrected chi connectivity index (χ4v) is 5.20. The molecule has 1 unspecified atom stereocenters. The number of benzene rings is 3. The highest BCUT2D eigenvalue weighted by atomic mass is 35.5. The Morgan fingerprint density at radius 1 is 0.950 bits per heavy atom. The molecule has 0 saturated heterocycles. The number of ketones is 2. The number of primary sulfonamides is 1. The van der Waals surface area contributed by atoms with E-state index in [-0.39, 0.29) is 35.1 Å². The summed E-state index contributed by atoms with van der Waals surface area (Å²) in [4.78, 5) is 39.5. The highest BCUT2D eigenvalue weighted by Crippen LogP contribution is 2.34. The summed E-state index contributed by atoms with van der Waals surface area (Å²) in [5.41, 5.74) is 2.14. The Kier molecular flexibility index (Phi) is 8.68. The quantitative estimate of drug-likeness (QED) is 0.274. The number of pyridine rings is 1. The number of hydrogen-bond acceptors (Lipinski definition) is 6. The molecule has 10 heteroatoms. The molecule has 40 heavy (non-hydrogen) atoms. The van der Waals surface area contributed by atoms with Crippen molar-refractivity contribution < 1.29 is 22.7 Å². The van der Waals surface area contributed by atoms with Gasteiger partial charge in [-0.3, -0.25) is 14.4 Å². The molecule has 0 aliphatic carbocycles. The van der Waals surface area contributed by atoms with Gasteiger partial charge in [0.05, 0.1) is 24.2 Å². The first-order chi connectivity index (χ1) is 19.0. The fraction of sp³-hybridized carbons (Fsp3) is 0.167. The highest BCUT2D eigenvalue weighted by Gasteiger charge is 2.25. The standard InChI is InChI=1S/C30H27ClN2O6S/c1-19(34)24-13-10-22(31)16-25(24)26-17-30(36)33(18-29(26)39-2)27(14-20-6-4-3-5-7-20)28(35)15-21-8-11-23(12-9-21)40(32,37)38/h3-13,16-18,27H,14-15H2,1-2H3,(H2,32,37,38). The highest BCUT2D eigenvalue weighted by molar-refractivity contribution is 7.89. The van der Waals surface area contributed by atoms with Crippen LogP contribution in [0.25, 0.3) is 11.1 Å². The van der Waals surface area contributed by atoms with Crippen LogP contribution in [0.3, 0.4) is 0 Å². The predicted octanol–water partition coefficient (Wildman–Crippen LogP) is 4.62. The summed E-state index contributed by atoms with van der Waals surface area (Å²) in [6.07, 6.45) is 1.65. The van der Waals surface area contributed by atoms with Gasteiger partial charge >= 0.3 is 0 Å². The molecule has 206 valence electrons. The van der Waals surface area contributed by atoms with Gasteiger partial charge in [-0.1, -0.05) is 54.1 Å². The van der Waals surface area contributed by atoms with Crippen molar-refractivity contribution in [2.45, 2.75) is 30.7 Å². The van der Waals surface area contributed by atoms with Crippen LogP contribution < -0.4 is 15.4 Å². The Morgan fingerprint density at radius 3 is 2.23 bits per heavy atom. The number of sulfonamides is 1. The van der Waals surface area contributed by atoms with Crippen LogP contribution in [-0.4, -0.2) is 31.7 Å². The molecule has 0 aliphatic heterocycles. The van der Waals surface area contributed by atoms with Crippen LogP contribution in [0, 0.1) is 0 Å². The zero-order chi connectivity index (χ0) is 29.0. The van der Waals surface area contributed by atoms with Gasteiger partial charge in [0.2, 0.25) is 10.0 Å². The molecule has 0 fully saturated rings. The second-order valence-electron chi connectivity index (χ2n) is 9.28. The molecule has 1 atom stereocenters. The lowest BCUT2D eigenvalue weighted by Gasteiger charge is -2.21. The molecule has 1 heterocycles. The van der Waals surface area contributed by atoms with Crippen molar-refractivity contribution in [1.82, 2.24) is 4.57 Å². The van der Waals surface area contributed by atoms with E-state index in [4.69, 9.17) is 21.5 Å². The lowest BCUT2D eigenvalue weighted by molar-refractivity contribution is -0.121. The van der Waals surface area contributed by atoms with E-state index in [1.54, 1.807) is 18.2 Å². The molecule has 0 saturated carbocycles. The molecular formula is C30H27ClN2O6S. The summed E-state index contributed by atoms with van der Waals surface area (Å²) in [5, 5.41) is 5.57. The van der Waals surface area contributed by atoms with Crippen molar-refractivity contribution >= 4 is 33.2 Å². The first kappa shape index (κ1) is 28.9. The average molecular weight is 579 g/mol. The predicted molar refractivity (Wildman–Crippen MR) is 153 cm³/mol. The third-order valence-electron chi connectivity index (χ3n) is 6.52. The maximum Gasteiger partial charge on any atom is 0.252 e. The normalized spacial score (nSPS) is 12.1. The van der Waals surface area contributed by atoms with Crippen LogP contribution in [0.5, 0.6) is 5.75 Å². The van der Waals surface area contributed by atoms with Crippen molar-refractivity contribution in [2.75, 3.05) is 7.11 Å². The summed E-state index contributed by atoms with van der Waals surface area (Å²) in [6, 6.07) is 20.2. The third kappa shape index (κ3) is 6.56. The number of aromatic nitrogens is 1. The number of nitrogens with two attached hydrogens (primary N) is 1. The van der Waals surface area contributed by atoms with Gasteiger partial charge in [0, 0.05) is 35.1 Å². The summed E-state index contributed by atoms with van der Waals surface area (Å²) in [6.45, 7) is 1.42. The minimum Gasteiger partial charge on any atom is -0.495 e. The summed E-state index contributed by atoms with van der Waals surface area (Å²) >= 11 is 6.21. The second kappa shape index (κ2) is 12.0. The fourth-order valence-electron chi connectivity index (χ4n) is 4.51. The van der Waals surface area contributed by atoms with Crippen molar-refractivity contribution in [3.63, 3.8) is 0 Å². The summed E-state index contributed by atoms with van der Waals surface area (Å²) in [5.74, 6) is -0.187. The maximum atomic E-state index is 13.7. The Labute approximate surface area is 237 Å². The molecule has 0 amide bonds. The molecule has 4 rings (SSSR count). The first-order valence-corrected chi connectivity index (χ1v) is 14.2. The van der Waals surface area contributed by atoms with E-state index in [2.05, 4.69) is 0 Å². The molecule has 2 N–H and O–H groups in total. The molecule has 0 spiro atoms. The number of halogens is 1. The zero-order valence-corrected chi connectivity index (χ0v) is 23.4.